The summed E-state index contributed by atoms with van der Waals surface area (Å²) in [5.74, 6) is -0.394. The number of alkyl carbamates (subject to hydrolysis) is 1. The molecule has 1 heterocycles. The van der Waals surface area contributed by atoms with E-state index in [-0.39, 0.29) is 31.4 Å². The van der Waals surface area contributed by atoms with E-state index in [2.05, 4.69) is 29.6 Å². The largest absolute Gasteiger partial charge is 0.492 e. The van der Waals surface area contributed by atoms with Gasteiger partial charge in [0.05, 0.1) is 11.2 Å². The predicted octanol–water partition coefficient (Wildman–Crippen LogP) is 5.84. The van der Waals surface area contributed by atoms with E-state index in [0.29, 0.717) is 11.0 Å². The number of nitrogens with two attached hydrogens (primary N) is 1. The molecule has 8 heteroatoms. The van der Waals surface area contributed by atoms with Crippen molar-refractivity contribution in [3.63, 3.8) is 0 Å². The van der Waals surface area contributed by atoms with Crippen LogP contribution in [0.2, 0.25) is 0 Å². The average Bonchev–Trinajstić information content (AvgIpc) is 3.34. The van der Waals surface area contributed by atoms with Gasteiger partial charge in [-0.25, -0.2) is 9.18 Å². The number of benzene rings is 3. The Morgan fingerprint density at radius 2 is 1.59 bits per heavy atom. The topological polar surface area (TPSA) is 82.8 Å². The van der Waals surface area contributed by atoms with Crippen LogP contribution < -0.4 is 11.1 Å². The Balaban J connectivity index is 1.32. The number of halogens is 1. The lowest BCUT2D eigenvalue weighted by Gasteiger charge is -2.32. The maximum absolute atomic E-state index is 13.8. The van der Waals surface area contributed by atoms with Crippen LogP contribution in [-0.2, 0) is 20.6 Å². The third-order valence-corrected chi connectivity index (χ3v) is 8.00. The summed E-state index contributed by atoms with van der Waals surface area (Å²) in [5.41, 5.74) is 11.4. The van der Waals surface area contributed by atoms with Gasteiger partial charge in [0.15, 0.2) is 0 Å². The molecule has 5 rings (SSSR count). The van der Waals surface area contributed by atoms with Gasteiger partial charge in [0, 0.05) is 19.0 Å². The van der Waals surface area contributed by atoms with Crippen molar-refractivity contribution in [3.8, 4) is 11.1 Å². The zero-order valence-electron chi connectivity index (χ0n) is 22.8. The second-order valence-electron chi connectivity index (χ2n) is 11.0. The summed E-state index contributed by atoms with van der Waals surface area (Å²) in [7, 11) is -0.709. The molecule has 0 saturated carbocycles. The summed E-state index contributed by atoms with van der Waals surface area (Å²) in [4.78, 5) is 12.9. The molecule has 39 heavy (non-hydrogen) atoms. The Hall–Kier alpha value is -3.46. The van der Waals surface area contributed by atoms with E-state index >= 15 is 0 Å². The molecule has 0 unspecified atom stereocenters. The number of hydrogen-bond acceptors (Lipinski definition) is 5. The molecular weight excluding hydrogens is 494 g/mol. The molecule has 3 aromatic carbocycles. The first-order valence-corrected chi connectivity index (χ1v) is 13.2. The first kappa shape index (κ1) is 27.1. The lowest BCUT2D eigenvalue weighted by Crippen LogP contribution is -2.41. The number of nitrogens with one attached hydrogen (secondary N) is 1. The zero-order chi connectivity index (χ0) is 27.8. The van der Waals surface area contributed by atoms with Gasteiger partial charge in [-0.15, -0.1) is 0 Å². The molecule has 1 fully saturated rings. The van der Waals surface area contributed by atoms with Crippen molar-refractivity contribution in [2.75, 3.05) is 13.2 Å². The van der Waals surface area contributed by atoms with E-state index in [9.17, 15) is 9.18 Å². The van der Waals surface area contributed by atoms with Crippen molar-refractivity contribution in [2.45, 2.75) is 51.4 Å². The Morgan fingerprint density at radius 1 is 1.00 bits per heavy atom. The van der Waals surface area contributed by atoms with Crippen LogP contribution in [-0.4, -0.2) is 37.6 Å². The lowest BCUT2D eigenvalue weighted by atomic mass is 9.76. The number of hydrogen-bond donors (Lipinski definition) is 2. The maximum atomic E-state index is 13.8. The first-order chi connectivity index (χ1) is 18.6. The molecule has 1 amide bonds. The molecule has 6 nitrogen and oxygen atoms in total. The van der Waals surface area contributed by atoms with Crippen molar-refractivity contribution in [1.82, 2.24) is 5.32 Å². The number of fused-ring (bicyclic) bond motifs is 3. The van der Waals surface area contributed by atoms with Gasteiger partial charge in [-0.3, -0.25) is 0 Å². The van der Waals surface area contributed by atoms with E-state index in [4.69, 9.17) is 19.8 Å². The molecule has 0 spiro atoms. The lowest BCUT2D eigenvalue weighted by molar-refractivity contribution is 0.00578. The molecule has 0 atom stereocenters. The zero-order valence-corrected chi connectivity index (χ0v) is 22.8. The van der Waals surface area contributed by atoms with Crippen molar-refractivity contribution in [3.05, 3.63) is 100 Å². The monoisotopic (exact) mass is 528 g/mol. The van der Waals surface area contributed by atoms with Crippen LogP contribution in [0.1, 0.15) is 55.9 Å². The fraction of sp³-hybridized carbons (Fsp3) is 0.323. The van der Waals surface area contributed by atoms with Crippen LogP contribution in [0, 0.1) is 5.82 Å². The standard InChI is InChI=1S/C31H34BFN2O4/c1-30(2)31(3,4)39-32(38-30)22(15-20-13-14-23(33)16-21(20)17-34)18-35-29(36)37-19-28-26-11-7-5-9-24(26)25-10-6-8-12-27(25)28/h5-16,28H,17-19,34H2,1-4H3,(H,35,36). The van der Waals surface area contributed by atoms with Gasteiger partial charge in [0.1, 0.15) is 12.4 Å². The Morgan fingerprint density at radius 3 is 2.18 bits per heavy atom. The van der Waals surface area contributed by atoms with Crippen LogP contribution >= 0.6 is 0 Å². The molecule has 3 N–H and O–H groups in total. The number of amides is 1. The molecule has 2 aliphatic rings. The maximum Gasteiger partial charge on any atom is 0.492 e. The molecule has 202 valence electrons. The molecule has 1 saturated heterocycles. The number of ether oxygens (including phenoxy) is 1. The van der Waals surface area contributed by atoms with Gasteiger partial charge < -0.3 is 25.1 Å². The van der Waals surface area contributed by atoms with Gasteiger partial charge >= 0.3 is 13.2 Å². The number of carbonyl (C=O) groups is 1. The molecule has 0 bridgehead atoms. The van der Waals surface area contributed by atoms with E-state index in [1.807, 2.05) is 58.0 Å². The fourth-order valence-electron chi connectivity index (χ4n) is 5.11. The van der Waals surface area contributed by atoms with E-state index in [1.54, 1.807) is 6.07 Å². The highest BCUT2D eigenvalue weighted by molar-refractivity contribution is 6.56. The average molecular weight is 528 g/mol. The van der Waals surface area contributed by atoms with Gasteiger partial charge in [-0.1, -0.05) is 60.7 Å². The summed E-state index contributed by atoms with van der Waals surface area (Å²) in [5, 5.41) is 2.86. The van der Waals surface area contributed by atoms with Crippen LogP contribution in [0.15, 0.2) is 72.2 Å². The minimum Gasteiger partial charge on any atom is -0.449 e. The van der Waals surface area contributed by atoms with Crippen molar-refractivity contribution in [2.24, 2.45) is 5.73 Å². The first-order valence-electron chi connectivity index (χ1n) is 13.2. The molecule has 3 aromatic rings. The normalized spacial score (nSPS) is 17.6. The third kappa shape index (κ3) is 5.37. The van der Waals surface area contributed by atoms with Gasteiger partial charge in [0.25, 0.3) is 0 Å². The number of carbonyl (C=O) groups excluding carboxylic acids is 1. The van der Waals surface area contributed by atoms with Crippen molar-refractivity contribution in [1.29, 1.82) is 0 Å². The Labute approximate surface area is 229 Å². The second-order valence-corrected chi connectivity index (χ2v) is 11.0. The predicted molar refractivity (Wildman–Crippen MR) is 151 cm³/mol. The Kier molecular flexibility index (Phi) is 7.38. The quantitative estimate of drug-likeness (QED) is 0.377. The van der Waals surface area contributed by atoms with Crippen LogP contribution in [0.25, 0.3) is 17.2 Å². The molecular formula is C31H34BFN2O4. The van der Waals surface area contributed by atoms with E-state index in [1.165, 1.54) is 23.3 Å². The smallest absolute Gasteiger partial charge is 0.449 e. The molecule has 0 radical (unpaired) electrons. The van der Waals surface area contributed by atoms with Crippen LogP contribution in [0.5, 0.6) is 0 Å². The number of rotatable bonds is 7. The fourth-order valence-corrected chi connectivity index (χ4v) is 5.11. The highest BCUT2D eigenvalue weighted by Gasteiger charge is 2.52. The Bertz CT molecular complexity index is 1360. The summed E-state index contributed by atoms with van der Waals surface area (Å²) >= 11 is 0. The summed E-state index contributed by atoms with van der Waals surface area (Å²) in [6.45, 7) is 8.36. The SMILES string of the molecule is CC1(C)OB(C(=Cc2ccc(F)cc2CN)CNC(=O)OCC2c3ccccc3-c3ccccc32)OC1(C)C. The van der Waals surface area contributed by atoms with Crippen LogP contribution in [0.4, 0.5) is 9.18 Å². The van der Waals surface area contributed by atoms with Crippen molar-refractivity contribution < 1.29 is 23.2 Å². The summed E-state index contributed by atoms with van der Waals surface area (Å²) in [6, 6.07) is 20.9. The third-order valence-electron chi connectivity index (χ3n) is 8.00. The molecule has 0 aromatic heterocycles. The second kappa shape index (κ2) is 10.6. The van der Waals surface area contributed by atoms with Gasteiger partial charge in [-0.05, 0) is 78.7 Å². The summed E-state index contributed by atoms with van der Waals surface area (Å²) in [6.07, 6.45) is 1.30. The highest BCUT2D eigenvalue weighted by Crippen LogP contribution is 2.44. The highest BCUT2D eigenvalue weighted by atomic mass is 19.1. The molecule has 1 aliphatic carbocycles. The minimum absolute atomic E-state index is 0.0346. The van der Waals surface area contributed by atoms with Gasteiger partial charge in [0.2, 0.25) is 0 Å². The van der Waals surface area contributed by atoms with Crippen molar-refractivity contribution >= 4 is 19.3 Å². The molecule has 1 aliphatic heterocycles. The minimum atomic E-state index is -0.709. The summed E-state index contributed by atoms with van der Waals surface area (Å²) < 4.78 is 32.1. The van der Waals surface area contributed by atoms with Crippen LogP contribution in [0.3, 0.4) is 0 Å². The van der Waals surface area contributed by atoms with Gasteiger partial charge in [-0.2, -0.15) is 0 Å². The van der Waals surface area contributed by atoms with E-state index in [0.717, 1.165) is 16.7 Å². The van der Waals surface area contributed by atoms with E-state index < -0.39 is 24.4 Å².